The van der Waals surface area contributed by atoms with Gasteiger partial charge >= 0.3 is 0 Å². The Kier molecular flexibility index (Phi) is 5.66. The lowest BCUT2D eigenvalue weighted by atomic mass is 10.1. The molecule has 1 N–H and O–H groups in total. The normalized spacial score (nSPS) is 13.2. The third-order valence-electron chi connectivity index (χ3n) is 3.79. The van der Waals surface area contributed by atoms with Gasteiger partial charge in [-0.25, -0.2) is 4.68 Å². The topological polar surface area (TPSA) is 94.5 Å². The Balaban J connectivity index is 1.86. The standard InChI is InChI=1S/C17H17N5O2S2/c1-11-3-4-12(13(7-11)8-18)10-25-17-20-22(5-6-23)14-9-19-21(2)16(24)15(14)26-17/h3-4,7,9,23H,5-6,10H2,1-2H3. The van der Waals surface area contributed by atoms with E-state index in [1.807, 2.05) is 25.1 Å². The van der Waals surface area contributed by atoms with Gasteiger partial charge in [-0.15, -0.1) is 0 Å². The summed E-state index contributed by atoms with van der Waals surface area (Å²) in [5.41, 5.74) is 3.01. The van der Waals surface area contributed by atoms with E-state index in [2.05, 4.69) is 16.3 Å². The number of aliphatic hydroxyl groups is 1. The quantitative estimate of drug-likeness (QED) is 0.858. The molecule has 1 aromatic carbocycles. The zero-order valence-corrected chi connectivity index (χ0v) is 16.0. The van der Waals surface area contributed by atoms with Crippen LogP contribution in [0.4, 0.5) is 5.69 Å². The fourth-order valence-electron chi connectivity index (χ4n) is 2.43. The van der Waals surface area contributed by atoms with Crippen LogP contribution < -0.4 is 10.6 Å². The number of aliphatic hydroxyl groups excluding tert-OH is 1. The minimum Gasteiger partial charge on any atom is -0.394 e. The number of nitrogens with zero attached hydrogens (tertiary/aromatic N) is 5. The molecular weight excluding hydrogens is 370 g/mol. The Morgan fingerprint density at radius 2 is 2.23 bits per heavy atom. The molecular formula is C17H17N5O2S2. The summed E-state index contributed by atoms with van der Waals surface area (Å²) in [6.07, 6.45) is 1.58. The van der Waals surface area contributed by atoms with E-state index in [1.165, 1.54) is 28.2 Å². The molecule has 0 amide bonds. The third-order valence-corrected chi connectivity index (χ3v) is 6.02. The second-order valence-electron chi connectivity index (χ2n) is 5.66. The maximum atomic E-state index is 12.4. The molecule has 134 valence electrons. The summed E-state index contributed by atoms with van der Waals surface area (Å²) in [6.45, 7) is 2.14. The fraction of sp³-hybridized carbons (Fsp3) is 0.294. The molecule has 1 aliphatic rings. The van der Waals surface area contributed by atoms with Crippen LogP contribution in [-0.2, 0) is 12.8 Å². The van der Waals surface area contributed by atoms with Crippen molar-refractivity contribution in [3.8, 4) is 6.07 Å². The predicted octanol–water partition coefficient (Wildman–Crippen LogP) is 2.07. The van der Waals surface area contributed by atoms with E-state index < -0.39 is 0 Å². The van der Waals surface area contributed by atoms with Crippen molar-refractivity contribution in [2.24, 2.45) is 12.1 Å². The summed E-state index contributed by atoms with van der Waals surface area (Å²) in [5, 5.41) is 28.7. The number of hydrogen-bond acceptors (Lipinski definition) is 8. The van der Waals surface area contributed by atoms with Gasteiger partial charge in [0.2, 0.25) is 0 Å². The number of hydrogen-bond donors (Lipinski definition) is 1. The van der Waals surface area contributed by atoms with E-state index in [9.17, 15) is 15.2 Å². The van der Waals surface area contributed by atoms with Gasteiger partial charge in [0.15, 0.2) is 4.38 Å². The highest BCUT2D eigenvalue weighted by Crippen LogP contribution is 2.37. The van der Waals surface area contributed by atoms with E-state index in [4.69, 9.17) is 0 Å². The van der Waals surface area contributed by atoms with Gasteiger partial charge in [-0.1, -0.05) is 35.7 Å². The SMILES string of the molecule is Cc1ccc(CSC2=NN(CCO)c3cnn(C)c(=O)c3S2)c(C#N)c1. The highest BCUT2D eigenvalue weighted by atomic mass is 32.2. The van der Waals surface area contributed by atoms with Gasteiger partial charge in [0, 0.05) is 12.8 Å². The number of anilines is 1. The van der Waals surface area contributed by atoms with Crippen LogP contribution in [0.2, 0.25) is 0 Å². The molecule has 0 atom stereocenters. The number of fused-ring (bicyclic) bond motifs is 1. The van der Waals surface area contributed by atoms with Gasteiger partial charge in [0.25, 0.3) is 5.56 Å². The van der Waals surface area contributed by atoms with Crippen LogP contribution in [0.3, 0.4) is 0 Å². The highest BCUT2D eigenvalue weighted by Gasteiger charge is 2.24. The molecule has 7 nitrogen and oxygen atoms in total. The lowest BCUT2D eigenvalue weighted by molar-refractivity contribution is 0.302. The molecule has 0 radical (unpaired) electrons. The number of aromatic nitrogens is 2. The molecule has 26 heavy (non-hydrogen) atoms. The molecule has 1 aromatic heterocycles. The van der Waals surface area contributed by atoms with Crippen molar-refractivity contribution in [2.75, 3.05) is 18.2 Å². The molecule has 3 rings (SSSR count). The number of hydrazone groups is 1. The maximum absolute atomic E-state index is 12.4. The van der Waals surface area contributed by atoms with Crippen molar-refractivity contribution in [3.05, 3.63) is 51.4 Å². The first-order chi connectivity index (χ1) is 12.5. The molecule has 0 saturated carbocycles. The number of β-amino-alcohol motifs (C(OH)–C–C–N with tert-alkyl or cyclic N) is 1. The molecule has 0 spiro atoms. The molecule has 9 heteroatoms. The Morgan fingerprint density at radius 3 is 2.96 bits per heavy atom. The Hall–Kier alpha value is -2.28. The number of rotatable bonds is 4. The number of thioether (sulfide) groups is 2. The van der Waals surface area contributed by atoms with Gasteiger partial charge in [-0.05, 0) is 24.1 Å². The van der Waals surface area contributed by atoms with Gasteiger partial charge in [-0.3, -0.25) is 9.80 Å². The van der Waals surface area contributed by atoms with Crippen molar-refractivity contribution < 1.29 is 5.11 Å². The summed E-state index contributed by atoms with van der Waals surface area (Å²) in [5.74, 6) is 0.572. The van der Waals surface area contributed by atoms with Gasteiger partial charge < -0.3 is 5.11 Å². The van der Waals surface area contributed by atoms with Gasteiger partial charge in [0.1, 0.15) is 4.90 Å². The average Bonchev–Trinajstić information content (AvgIpc) is 2.64. The Bertz CT molecular complexity index is 965. The number of aryl methyl sites for hydroxylation is 2. The summed E-state index contributed by atoms with van der Waals surface area (Å²) in [6, 6.07) is 8.00. The molecule has 2 heterocycles. The summed E-state index contributed by atoms with van der Waals surface area (Å²) >= 11 is 2.76. The Labute approximate surface area is 159 Å². The molecule has 1 aliphatic heterocycles. The van der Waals surface area contributed by atoms with E-state index in [0.29, 0.717) is 26.3 Å². The van der Waals surface area contributed by atoms with Crippen LogP contribution in [0.1, 0.15) is 16.7 Å². The first-order valence-electron chi connectivity index (χ1n) is 7.87. The van der Waals surface area contributed by atoms with Crippen molar-refractivity contribution in [2.45, 2.75) is 17.6 Å². The van der Waals surface area contributed by atoms with E-state index in [0.717, 1.165) is 11.1 Å². The molecule has 0 fully saturated rings. The predicted molar refractivity (Wildman–Crippen MR) is 104 cm³/mol. The van der Waals surface area contributed by atoms with Crippen molar-refractivity contribution in [1.82, 2.24) is 9.78 Å². The van der Waals surface area contributed by atoms with E-state index in [1.54, 1.807) is 18.3 Å². The zero-order valence-electron chi connectivity index (χ0n) is 14.3. The summed E-state index contributed by atoms with van der Waals surface area (Å²) in [4.78, 5) is 12.9. The second-order valence-corrected chi connectivity index (χ2v) is 7.89. The third kappa shape index (κ3) is 3.77. The summed E-state index contributed by atoms with van der Waals surface area (Å²) in [7, 11) is 1.60. The fourth-order valence-corrected chi connectivity index (χ4v) is 4.58. The smallest absolute Gasteiger partial charge is 0.282 e. The lowest BCUT2D eigenvalue weighted by Crippen LogP contribution is -2.31. The van der Waals surface area contributed by atoms with Crippen LogP contribution in [0.25, 0.3) is 0 Å². The number of nitriles is 1. The minimum absolute atomic E-state index is 0.0860. The second kappa shape index (κ2) is 7.95. The van der Waals surface area contributed by atoms with Crippen molar-refractivity contribution in [1.29, 1.82) is 5.26 Å². The first kappa shape index (κ1) is 18.5. The highest BCUT2D eigenvalue weighted by molar-refractivity contribution is 8.38. The molecule has 0 bridgehead atoms. The molecule has 0 unspecified atom stereocenters. The van der Waals surface area contributed by atoms with E-state index >= 15 is 0 Å². The van der Waals surface area contributed by atoms with Crippen LogP contribution in [0, 0.1) is 18.3 Å². The van der Waals surface area contributed by atoms with Crippen LogP contribution in [0.5, 0.6) is 0 Å². The molecule has 0 aliphatic carbocycles. The Morgan fingerprint density at radius 1 is 1.42 bits per heavy atom. The van der Waals surface area contributed by atoms with Gasteiger partial charge in [0.05, 0.1) is 36.7 Å². The minimum atomic E-state index is -0.198. The molecule has 0 saturated heterocycles. The maximum Gasteiger partial charge on any atom is 0.282 e. The average molecular weight is 387 g/mol. The van der Waals surface area contributed by atoms with Crippen LogP contribution in [-0.4, -0.2) is 32.4 Å². The monoisotopic (exact) mass is 387 g/mol. The van der Waals surface area contributed by atoms with Crippen LogP contribution in [0.15, 0.2) is 39.2 Å². The van der Waals surface area contributed by atoms with E-state index in [-0.39, 0.29) is 18.7 Å². The van der Waals surface area contributed by atoms with Crippen molar-refractivity contribution >= 4 is 33.6 Å². The molecule has 2 aromatic rings. The van der Waals surface area contributed by atoms with Gasteiger partial charge in [-0.2, -0.15) is 15.5 Å². The van der Waals surface area contributed by atoms with Crippen LogP contribution >= 0.6 is 23.5 Å². The first-order valence-corrected chi connectivity index (χ1v) is 9.67. The van der Waals surface area contributed by atoms with Crippen molar-refractivity contribution in [3.63, 3.8) is 0 Å². The summed E-state index contributed by atoms with van der Waals surface area (Å²) < 4.78 is 1.98. The lowest BCUT2D eigenvalue weighted by Gasteiger charge is -2.25. The zero-order chi connectivity index (χ0) is 18.7. The number of benzene rings is 1. The largest absolute Gasteiger partial charge is 0.394 e.